The van der Waals surface area contributed by atoms with E-state index in [4.69, 9.17) is 9.47 Å². The second-order valence-electron chi connectivity index (χ2n) is 5.66. The van der Waals surface area contributed by atoms with E-state index in [-0.39, 0.29) is 31.4 Å². The lowest BCUT2D eigenvalue weighted by Gasteiger charge is -2.05. The first-order chi connectivity index (χ1) is 13.2. The van der Waals surface area contributed by atoms with Crippen LogP contribution in [0.1, 0.15) is 13.3 Å². The molecule has 0 aliphatic carbocycles. The predicted molar refractivity (Wildman–Crippen MR) is 104 cm³/mol. The van der Waals surface area contributed by atoms with Crippen LogP contribution in [0.4, 0.5) is 0 Å². The Kier molecular flexibility index (Phi) is 6.38. The summed E-state index contributed by atoms with van der Waals surface area (Å²) in [6, 6.07) is 16.9. The van der Waals surface area contributed by atoms with Crippen molar-refractivity contribution in [3.05, 3.63) is 59.4 Å². The maximum absolute atomic E-state index is 12.3. The molecule has 0 N–H and O–H groups in total. The number of benzene rings is 2. The molecule has 27 heavy (non-hydrogen) atoms. The summed E-state index contributed by atoms with van der Waals surface area (Å²) in [5.41, 5.74) is 0.850. The molecule has 140 valence electrons. The van der Waals surface area contributed by atoms with Crippen molar-refractivity contribution in [3.63, 3.8) is 0 Å². The van der Waals surface area contributed by atoms with Gasteiger partial charge in [0.15, 0.2) is 4.80 Å². The van der Waals surface area contributed by atoms with Gasteiger partial charge < -0.3 is 14.0 Å². The highest BCUT2D eigenvalue weighted by molar-refractivity contribution is 7.16. The number of rotatable bonds is 7. The molecule has 0 spiro atoms. The number of thiazole rings is 1. The molecule has 0 aliphatic rings. The zero-order chi connectivity index (χ0) is 19.1. The van der Waals surface area contributed by atoms with Crippen molar-refractivity contribution >= 4 is 33.4 Å². The van der Waals surface area contributed by atoms with E-state index in [9.17, 15) is 9.59 Å². The van der Waals surface area contributed by atoms with Crippen molar-refractivity contribution in [2.24, 2.45) is 4.99 Å². The number of amides is 1. The van der Waals surface area contributed by atoms with E-state index in [1.54, 1.807) is 11.5 Å². The van der Waals surface area contributed by atoms with E-state index in [1.807, 2.05) is 54.6 Å². The molecule has 0 saturated heterocycles. The molecule has 0 saturated carbocycles. The number of carbonyl (C=O) groups excluding carboxylic acids is 2. The van der Waals surface area contributed by atoms with Crippen LogP contribution in [0.15, 0.2) is 59.6 Å². The molecule has 1 amide bonds. The van der Waals surface area contributed by atoms with E-state index in [2.05, 4.69) is 4.99 Å². The number of ether oxygens (including phenoxy) is 2. The summed E-state index contributed by atoms with van der Waals surface area (Å²) in [4.78, 5) is 28.9. The van der Waals surface area contributed by atoms with Crippen LogP contribution in [-0.4, -0.2) is 29.7 Å². The van der Waals surface area contributed by atoms with Gasteiger partial charge in [-0.1, -0.05) is 41.7 Å². The first-order valence-electron chi connectivity index (χ1n) is 8.66. The molecule has 7 heteroatoms. The van der Waals surface area contributed by atoms with Gasteiger partial charge in [-0.3, -0.25) is 9.59 Å². The van der Waals surface area contributed by atoms with Crippen molar-refractivity contribution < 1.29 is 19.1 Å². The van der Waals surface area contributed by atoms with Crippen LogP contribution in [0.25, 0.3) is 10.2 Å². The van der Waals surface area contributed by atoms with Crippen LogP contribution in [0.2, 0.25) is 0 Å². The van der Waals surface area contributed by atoms with E-state index in [1.165, 1.54) is 11.3 Å². The van der Waals surface area contributed by atoms with Gasteiger partial charge in [0.1, 0.15) is 12.3 Å². The van der Waals surface area contributed by atoms with E-state index < -0.39 is 0 Å². The maximum Gasteiger partial charge on any atom is 0.326 e. The Hall–Kier alpha value is -2.93. The molecule has 3 aromatic rings. The molecule has 0 atom stereocenters. The molecule has 0 bridgehead atoms. The fourth-order valence-electron chi connectivity index (χ4n) is 2.53. The lowest BCUT2D eigenvalue weighted by molar-refractivity contribution is -0.143. The highest BCUT2D eigenvalue weighted by Crippen LogP contribution is 2.17. The SMILES string of the molecule is CCOC(=O)Cn1c(=NC(=O)CCOc2ccccc2)sc2ccccc21. The quantitative estimate of drug-likeness (QED) is 0.587. The smallest absolute Gasteiger partial charge is 0.326 e. The zero-order valence-electron chi connectivity index (χ0n) is 15.0. The van der Waals surface area contributed by atoms with Crippen molar-refractivity contribution in [1.82, 2.24) is 4.57 Å². The van der Waals surface area contributed by atoms with Crippen LogP contribution in [-0.2, 0) is 20.9 Å². The third-order valence-electron chi connectivity index (χ3n) is 3.73. The Morgan fingerprint density at radius 3 is 2.59 bits per heavy atom. The molecule has 0 unspecified atom stereocenters. The minimum atomic E-state index is -0.359. The van der Waals surface area contributed by atoms with Crippen molar-refractivity contribution in [2.75, 3.05) is 13.2 Å². The number of hydrogen-bond donors (Lipinski definition) is 0. The summed E-state index contributed by atoms with van der Waals surface area (Å²) in [6.07, 6.45) is 0.155. The molecule has 1 aromatic heterocycles. The number of esters is 1. The molecule has 3 rings (SSSR count). The molecular formula is C20H20N2O4S. The minimum absolute atomic E-state index is 0.0183. The van der Waals surface area contributed by atoms with E-state index >= 15 is 0 Å². The molecule has 6 nitrogen and oxygen atoms in total. The van der Waals surface area contributed by atoms with Gasteiger partial charge in [-0.05, 0) is 31.2 Å². The van der Waals surface area contributed by atoms with Crippen molar-refractivity contribution in [1.29, 1.82) is 0 Å². The highest BCUT2D eigenvalue weighted by Gasteiger charge is 2.12. The Bertz CT molecular complexity index is 992. The number of fused-ring (bicyclic) bond motifs is 1. The van der Waals surface area contributed by atoms with Crippen LogP contribution < -0.4 is 9.54 Å². The van der Waals surface area contributed by atoms with Crippen LogP contribution in [0.5, 0.6) is 5.75 Å². The summed E-state index contributed by atoms with van der Waals surface area (Å²) < 4.78 is 13.2. The Morgan fingerprint density at radius 2 is 1.81 bits per heavy atom. The molecule has 2 aromatic carbocycles. The first kappa shape index (κ1) is 18.8. The zero-order valence-corrected chi connectivity index (χ0v) is 15.8. The molecule has 0 aliphatic heterocycles. The summed E-state index contributed by atoms with van der Waals surface area (Å²) in [7, 11) is 0. The number of aromatic nitrogens is 1. The number of carbonyl (C=O) groups is 2. The number of para-hydroxylation sites is 2. The predicted octanol–water partition coefficient (Wildman–Crippen LogP) is 3.16. The Balaban J connectivity index is 1.77. The monoisotopic (exact) mass is 384 g/mol. The number of nitrogens with zero attached hydrogens (tertiary/aromatic N) is 2. The molecule has 0 fully saturated rings. The fraction of sp³-hybridized carbons (Fsp3) is 0.250. The minimum Gasteiger partial charge on any atom is -0.493 e. The van der Waals surface area contributed by atoms with E-state index in [0.717, 1.165) is 10.2 Å². The largest absolute Gasteiger partial charge is 0.493 e. The Labute approximate surface area is 160 Å². The standard InChI is InChI=1S/C20H20N2O4S/c1-2-25-19(24)14-22-16-10-6-7-11-17(16)27-20(22)21-18(23)12-13-26-15-8-4-3-5-9-15/h3-11H,2,12-14H2,1H3. The van der Waals surface area contributed by atoms with Crippen molar-refractivity contribution in [2.45, 2.75) is 19.9 Å². The van der Waals surface area contributed by atoms with E-state index in [0.29, 0.717) is 17.2 Å². The lowest BCUT2D eigenvalue weighted by Crippen LogP contribution is -2.23. The molecular weight excluding hydrogens is 364 g/mol. The average Bonchev–Trinajstić information content (AvgIpc) is 3.00. The lowest BCUT2D eigenvalue weighted by atomic mass is 10.3. The molecule has 1 heterocycles. The third kappa shape index (κ3) is 5.04. The second kappa shape index (κ2) is 9.14. The topological polar surface area (TPSA) is 69.9 Å². The van der Waals surface area contributed by atoms with Crippen LogP contribution in [0, 0.1) is 0 Å². The van der Waals surface area contributed by atoms with Gasteiger partial charge in [0.05, 0.1) is 29.9 Å². The second-order valence-corrected chi connectivity index (χ2v) is 6.67. The third-order valence-corrected chi connectivity index (χ3v) is 4.79. The molecule has 0 radical (unpaired) electrons. The summed E-state index contributed by atoms with van der Waals surface area (Å²) in [6.45, 7) is 2.33. The van der Waals surface area contributed by atoms with Crippen molar-refractivity contribution in [3.8, 4) is 5.75 Å². The van der Waals surface area contributed by atoms with Crippen LogP contribution in [0.3, 0.4) is 0 Å². The highest BCUT2D eigenvalue weighted by atomic mass is 32.1. The fourth-order valence-corrected chi connectivity index (χ4v) is 3.58. The normalized spacial score (nSPS) is 11.5. The Morgan fingerprint density at radius 1 is 1.07 bits per heavy atom. The number of hydrogen-bond acceptors (Lipinski definition) is 5. The van der Waals surface area contributed by atoms with Gasteiger partial charge in [-0.15, -0.1) is 0 Å². The first-order valence-corrected chi connectivity index (χ1v) is 9.48. The summed E-state index contributed by atoms with van der Waals surface area (Å²) in [5.74, 6) is 0.0574. The maximum atomic E-state index is 12.3. The summed E-state index contributed by atoms with van der Waals surface area (Å²) >= 11 is 1.37. The van der Waals surface area contributed by atoms with Gasteiger partial charge in [0.2, 0.25) is 0 Å². The summed E-state index contributed by atoms with van der Waals surface area (Å²) in [5, 5.41) is 0. The van der Waals surface area contributed by atoms with Gasteiger partial charge in [-0.25, -0.2) is 0 Å². The van der Waals surface area contributed by atoms with Gasteiger partial charge in [-0.2, -0.15) is 4.99 Å². The van der Waals surface area contributed by atoms with Crippen LogP contribution >= 0.6 is 11.3 Å². The van der Waals surface area contributed by atoms with Gasteiger partial charge >= 0.3 is 5.97 Å². The van der Waals surface area contributed by atoms with Gasteiger partial charge in [0, 0.05) is 0 Å². The average molecular weight is 384 g/mol. The van der Waals surface area contributed by atoms with Gasteiger partial charge in [0.25, 0.3) is 5.91 Å².